The van der Waals surface area contributed by atoms with Crippen LogP contribution in [-0.4, -0.2) is 45.7 Å². The lowest BCUT2D eigenvalue weighted by atomic mass is 10.3. The second-order valence-electron chi connectivity index (χ2n) is 4.19. The van der Waals surface area contributed by atoms with E-state index in [4.69, 9.17) is 5.11 Å². The lowest BCUT2D eigenvalue weighted by Gasteiger charge is -2.25. The standard InChI is InChI=1S/C12H22N4O/c1-4-13-12-14-6-5-11(15-12)9-16(7-8-17)10(2)3/h5-6,10,17H,4,7-9H2,1-3H3,(H,13,14,15). The Labute approximate surface area is 103 Å². The molecule has 0 aliphatic rings. The summed E-state index contributed by atoms with van der Waals surface area (Å²) in [4.78, 5) is 10.7. The van der Waals surface area contributed by atoms with Gasteiger partial charge in [0.15, 0.2) is 0 Å². The fourth-order valence-electron chi connectivity index (χ4n) is 1.58. The van der Waals surface area contributed by atoms with Crippen molar-refractivity contribution in [3.8, 4) is 0 Å². The molecule has 5 nitrogen and oxygen atoms in total. The molecular weight excluding hydrogens is 216 g/mol. The van der Waals surface area contributed by atoms with Crippen LogP contribution in [0, 0.1) is 0 Å². The summed E-state index contributed by atoms with van der Waals surface area (Å²) >= 11 is 0. The van der Waals surface area contributed by atoms with E-state index < -0.39 is 0 Å². The Morgan fingerprint density at radius 2 is 2.24 bits per heavy atom. The van der Waals surface area contributed by atoms with Crippen molar-refractivity contribution in [2.75, 3.05) is 25.0 Å². The van der Waals surface area contributed by atoms with Crippen LogP contribution in [0.4, 0.5) is 5.95 Å². The zero-order valence-corrected chi connectivity index (χ0v) is 10.8. The first-order valence-electron chi connectivity index (χ1n) is 6.08. The lowest BCUT2D eigenvalue weighted by Crippen LogP contribution is -2.33. The summed E-state index contributed by atoms with van der Waals surface area (Å²) in [7, 11) is 0. The molecule has 1 aromatic rings. The maximum absolute atomic E-state index is 9.02. The van der Waals surface area contributed by atoms with E-state index in [1.54, 1.807) is 6.20 Å². The monoisotopic (exact) mass is 238 g/mol. The molecule has 96 valence electrons. The van der Waals surface area contributed by atoms with Crippen molar-refractivity contribution in [1.29, 1.82) is 0 Å². The van der Waals surface area contributed by atoms with E-state index in [1.165, 1.54) is 0 Å². The van der Waals surface area contributed by atoms with Crippen molar-refractivity contribution < 1.29 is 5.11 Å². The van der Waals surface area contributed by atoms with Gasteiger partial charge in [0.2, 0.25) is 5.95 Å². The largest absolute Gasteiger partial charge is 0.395 e. The molecule has 1 aromatic heterocycles. The highest BCUT2D eigenvalue weighted by Crippen LogP contribution is 2.07. The van der Waals surface area contributed by atoms with E-state index in [2.05, 4.69) is 34.0 Å². The number of nitrogens with one attached hydrogen (secondary N) is 1. The maximum Gasteiger partial charge on any atom is 0.222 e. The minimum Gasteiger partial charge on any atom is -0.395 e. The summed E-state index contributed by atoms with van der Waals surface area (Å²) in [5.74, 6) is 0.665. The Morgan fingerprint density at radius 3 is 2.82 bits per heavy atom. The Hall–Kier alpha value is -1.20. The molecule has 0 saturated carbocycles. The Balaban J connectivity index is 2.68. The topological polar surface area (TPSA) is 61.3 Å². The molecule has 0 radical (unpaired) electrons. The number of aromatic nitrogens is 2. The summed E-state index contributed by atoms with van der Waals surface area (Å²) in [5, 5.41) is 12.1. The van der Waals surface area contributed by atoms with Crippen molar-refractivity contribution >= 4 is 5.95 Å². The molecule has 0 aliphatic heterocycles. The first-order valence-corrected chi connectivity index (χ1v) is 6.08. The molecule has 0 atom stereocenters. The summed E-state index contributed by atoms with van der Waals surface area (Å²) in [6.45, 7) is 8.63. The molecule has 2 N–H and O–H groups in total. The SMILES string of the molecule is CCNc1nccc(CN(CCO)C(C)C)n1. The molecule has 0 fully saturated rings. The third kappa shape index (κ3) is 4.66. The van der Waals surface area contributed by atoms with Gasteiger partial charge in [-0.2, -0.15) is 0 Å². The molecule has 0 amide bonds. The van der Waals surface area contributed by atoms with Gasteiger partial charge in [-0.1, -0.05) is 0 Å². The molecule has 0 spiro atoms. The summed E-state index contributed by atoms with van der Waals surface area (Å²) in [6, 6.07) is 2.30. The van der Waals surface area contributed by atoms with Gasteiger partial charge in [-0.25, -0.2) is 9.97 Å². The summed E-state index contributed by atoms with van der Waals surface area (Å²) in [5.41, 5.74) is 0.970. The van der Waals surface area contributed by atoms with E-state index in [-0.39, 0.29) is 6.61 Å². The van der Waals surface area contributed by atoms with Crippen LogP contribution in [0.3, 0.4) is 0 Å². The second-order valence-corrected chi connectivity index (χ2v) is 4.19. The van der Waals surface area contributed by atoms with Gasteiger partial charge in [-0.15, -0.1) is 0 Å². The van der Waals surface area contributed by atoms with Crippen molar-refractivity contribution in [2.24, 2.45) is 0 Å². The predicted octanol–water partition coefficient (Wildman–Crippen LogP) is 1.11. The van der Waals surface area contributed by atoms with E-state index in [1.807, 2.05) is 13.0 Å². The number of aliphatic hydroxyl groups excluding tert-OH is 1. The highest BCUT2D eigenvalue weighted by atomic mass is 16.3. The van der Waals surface area contributed by atoms with Crippen molar-refractivity contribution in [2.45, 2.75) is 33.4 Å². The van der Waals surface area contributed by atoms with Gasteiger partial charge < -0.3 is 10.4 Å². The van der Waals surface area contributed by atoms with Crippen molar-refractivity contribution in [1.82, 2.24) is 14.9 Å². The normalized spacial score (nSPS) is 11.2. The number of hydrogen-bond donors (Lipinski definition) is 2. The number of anilines is 1. The predicted molar refractivity (Wildman–Crippen MR) is 68.8 cm³/mol. The van der Waals surface area contributed by atoms with Crippen LogP contribution >= 0.6 is 0 Å². The molecule has 1 heterocycles. The van der Waals surface area contributed by atoms with Gasteiger partial charge in [-0.05, 0) is 26.8 Å². The fourth-order valence-corrected chi connectivity index (χ4v) is 1.58. The third-order valence-electron chi connectivity index (χ3n) is 2.53. The van der Waals surface area contributed by atoms with E-state index in [0.717, 1.165) is 18.8 Å². The Morgan fingerprint density at radius 1 is 1.47 bits per heavy atom. The molecule has 1 rings (SSSR count). The smallest absolute Gasteiger partial charge is 0.222 e. The fraction of sp³-hybridized carbons (Fsp3) is 0.667. The van der Waals surface area contributed by atoms with Gasteiger partial charge in [0.1, 0.15) is 0 Å². The van der Waals surface area contributed by atoms with Crippen molar-refractivity contribution in [3.05, 3.63) is 18.0 Å². The van der Waals surface area contributed by atoms with Crippen LogP contribution in [0.2, 0.25) is 0 Å². The molecule has 0 unspecified atom stereocenters. The first-order chi connectivity index (χ1) is 8.17. The van der Waals surface area contributed by atoms with E-state index in [9.17, 15) is 0 Å². The third-order valence-corrected chi connectivity index (χ3v) is 2.53. The molecule has 0 saturated heterocycles. The van der Waals surface area contributed by atoms with Crippen LogP contribution in [0.1, 0.15) is 26.5 Å². The van der Waals surface area contributed by atoms with Gasteiger partial charge in [-0.3, -0.25) is 4.90 Å². The summed E-state index contributed by atoms with van der Waals surface area (Å²) < 4.78 is 0. The number of nitrogens with zero attached hydrogens (tertiary/aromatic N) is 3. The average molecular weight is 238 g/mol. The van der Waals surface area contributed by atoms with Crippen molar-refractivity contribution in [3.63, 3.8) is 0 Å². The van der Waals surface area contributed by atoms with Crippen LogP contribution in [0.25, 0.3) is 0 Å². The minimum absolute atomic E-state index is 0.170. The van der Waals surface area contributed by atoms with E-state index in [0.29, 0.717) is 18.5 Å². The zero-order valence-electron chi connectivity index (χ0n) is 10.8. The second kappa shape index (κ2) is 7.19. The van der Waals surface area contributed by atoms with Gasteiger partial charge in [0.25, 0.3) is 0 Å². The molecule has 5 heteroatoms. The number of hydrogen-bond acceptors (Lipinski definition) is 5. The van der Waals surface area contributed by atoms with Crippen LogP contribution in [0.15, 0.2) is 12.3 Å². The van der Waals surface area contributed by atoms with Gasteiger partial charge in [0.05, 0.1) is 12.3 Å². The summed E-state index contributed by atoms with van der Waals surface area (Å²) in [6.07, 6.45) is 1.76. The molecule has 0 aliphatic carbocycles. The van der Waals surface area contributed by atoms with Gasteiger partial charge >= 0.3 is 0 Å². The molecule has 17 heavy (non-hydrogen) atoms. The highest BCUT2D eigenvalue weighted by molar-refractivity contribution is 5.24. The minimum atomic E-state index is 0.170. The Kier molecular flexibility index (Phi) is 5.86. The zero-order chi connectivity index (χ0) is 12.7. The number of aliphatic hydroxyl groups is 1. The first kappa shape index (κ1) is 13.9. The average Bonchev–Trinajstić information content (AvgIpc) is 2.29. The van der Waals surface area contributed by atoms with Crippen LogP contribution < -0.4 is 5.32 Å². The Bertz CT molecular complexity index is 330. The van der Waals surface area contributed by atoms with E-state index >= 15 is 0 Å². The highest BCUT2D eigenvalue weighted by Gasteiger charge is 2.10. The molecular formula is C12H22N4O. The van der Waals surface area contributed by atoms with Gasteiger partial charge in [0, 0.05) is 31.9 Å². The maximum atomic E-state index is 9.02. The quantitative estimate of drug-likeness (QED) is 0.745. The lowest BCUT2D eigenvalue weighted by molar-refractivity contribution is 0.158. The van der Waals surface area contributed by atoms with Crippen LogP contribution in [0.5, 0.6) is 0 Å². The molecule has 0 bridgehead atoms. The number of rotatable bonds is 7. The molecule has 0 aromatic carbocycles. The van der Waals surface area contributed by atoms with Crippen LogP contribution in [-0.2, 0) is 6.54 Å².